The molecule has 0 radical (unpaired) electrons. The van der Waals surface area contributed by atoms with Gasteiger partial charge in [0.2, 0.25) is 0 Å². The lowest BCUT2D eigenvalue weighted by molar-refractivity contribution is 0.480. The minimum absolute atomic E-state index is 0.103. The number of hydrogen-bond acceptors (Lipinski definition) is 4. The van der Waals surface area contributed by atoms with Crippen LogP contribution in [0.5, 0.6) is 11.5 Å². The molecule has 0 spiro atoms. The van der Waals surface area contributed by atoms with Crippen molar-refractivity contribution in [2.24, 2.45) is 4.99 Å². The predicted molar refractivity (Wildman–Crippen MR) is 108 cm³/mol. The van der Waals surface area contributed by atoms with Gasteiger partial charge in [-0.05, 0) is 55.3 Å². The highest BCUT2D eigenvalue weighted by atomic mass is 32.2. The second-order valence-electron chi connectivity index (χ2n) is 6.64. The Morgan fingerprint density at radius 3 is 2.36 bits per heavy atom. The molecule has 0 aromatic heterocycles. The molecule has 0 aliphatic carbocycles. The summed E-state index contributed by atoms with van der Waals surface area (Å²) in [7, 11) is -2.94. The normalized spacial score (nSPS) is 18.6. The molecule has 1 fully saturated rings. The first-order valence-electron chi connectivity index (χ1n) is 9.21. The highest BCUT2D eigenvalue weighted by molar-refractivity contribution is 7.91. The van der Waals surface area contributed by atoms with Crippen LogP contribution >= 0.6 is 0 Å². The van der Waals surface area contributed by atoms with Gasteiger partial charge in [-0.1, -0.05) is 12.1 Å². The van der Waals surface area contributed by atoms with Gasteiger partial charge in [0.15, 0.2) is 15.8 Å². The molecular formula is C20H24FN3O3S. The minimum Gasteiger partial charge on any atom is -0.457 e. The predicted octanol–water partition coefficient (Wildman–Crippen LogP) is 2.86. The van der Waals surface area contributed by atoms with Crippen molar-refractivity contribution in [3.05, 3.63) is 59.9 Å². The largest absolute Gasteiger partial charge is 0.457 e. The van der Waals surface area contributed by atoms with Gasteiger partial charge in [0.05, 0.1) is 18.1 Å². The fraction of sp³-hybridized carbons (Fsp3) is 0.350. The lowest BCUT2D eigenvalue weighted by Gasteiger charge is -2.15. The Kier molecular flexibility index (Phi) is 6.51. The molecule has 1 aliphatic heterocycles. The molecule has 3 rings (SSSR count). The summed E-state index contributed by atoms with van der Waals surface area (Å²) in [6.45, 7) is 3.10. The molecule has 8 heteroatoms. The van der Waals surface area contributed by atoms with Gasteiger partial charge in [0.1, 0.15) is 17.3 Å². The number of benzene rings is 2. The number of halogens is 1. The van der Waals surface area contributed by atoms with E-state index in [9.17, 15) is 12.8 Å². The van der Waals surface area contributed by atoms with Crippen molar-refractivity contribution >= 4 is 15.8 Å². The zero-order valence-corrected chi connectivity index (χ0v) is 16.5. The Hall–Kier alpha value is -2.61. The van der Waals surface area contributed by atoms with Crippen LogP contribution in [0.15, 0.2) is 53.5 Å². The molecule has 1 aliphatic rings. The van der Waals surface area contributed by atoms with Crippen LogP contribution in [-0.4, -0.2) is 38.5 Å². The molecule has 2 N–H and O–H groups in total. The van der Waals surface area contributed by atoms with Crippen LogP contribution in [-0.2, 0) is 16.4 Å². The first kappa shape index (κ1) is 20.1. The van der Waals surface area contributed by atoms with Crippen LogP contribution in [0.2, 0.25) is 0 Å². The Bertz CT molecular complexity index is 913. The van der Waals surface area contributed by atoms with Crippen molar-refractivity contribution in [1.29, 1.82) is 0 Å². The number of hydrogen-bond donors (Lipinski definition) is 2. The molecular weight excluding hydrogens is 381 g/mol. The maximum Gasteiger partial charge on any atom is 0.191 e. The molecule has 2 aromatic carbocycles. The summed E-state index contributed by atoms with van der Waals surface area (Å²) in [5.41, 5.74) is 0.989. The smallest absolute Gasteiger partial charge is 0.191 e. The molecule has 1 atom stereocenters. The van der Waals surface area contributed by atoms with Crippen molar-refractivity contribution in [3.8, 4) is 11.5 Å². The average molecular weight is 405 g/mol. The fourth-order valence-corrected chi connectivity index (χ4v) is 4.57. The molecule has 2 aromatic rings. The lowest BCUT2D eigenvalue weighted by atomic mass is 10.2. The molecule has 150 valence electrons. The number of guanidine groups is 1. The van der Waals surface area contributed by atoms with Gasteiger partial charge >= 0.3 is 0 Å². The number of sulfone groups is 1. The highest BCUT2D eigenvalue weighted by Crippen LogP contribution is 2.22. The fourth-order valence-electron chi connectivity index (χ4n) is 2.89. The Balaban J connectivity index is 1.58. The van der Waals surface area contributed by atoms with Gasteiger partial charge in [-0.3, -0.25) is 0 Å². The summed E-state index contributed by atoms with van der Waals surface area (Å²) in [5, 5.41) is 6.34. The van der Waals surface area contributed by atoms with Crippen molar-refractivity contribution in [1.82, 2.24) is 10.6 Å². The van der Waals surface area contributed by atoms with Gasteiger partial charge in [0.25, 0.3) is 0 Å². The molecule has 0 bridgehead atoms. The third-order valence-electron chi connectivity index (χ3n) is 4.31. The second-order valence-corrected chi connectivity index (χ2v) is 8.87. The summed E-state index contributed by atoms with van der Waals surface area (Å²) in [6, 6.07) is 13.2. The number of nitrogens with one attached hydrogen (secondary N) is 2. The van der Waals surface area contributed by atoms with E-state index in [1.165, 1.54) is 12.1 Å². The van der Waals surface area contributed by atoms with Gasteiger partial charge in [-0.25, -0.2) is 17.8 Å². The van der Waals surface area contributed by atoms with Crippen LogP contribution in [0, 0.1) is 5.82 Å². The second kappa shape index (κ2) is 9.05. The topological polar surface area (TPSA) is 79.8 Å². The van der Waals surface area contributed by atoms with Crippen LogP contribution in [0.25, 0.3) is 0 Å². The van der Waals surface area contributed by atoms with E-state index in [0.29, 0.717) is 37.0 Å². The molecule has 0 saturated carbocycles. The maximum absolute atomic E-state index is 12.9. The zero-order chi connectivity index (χ0) is 20.0. The quantitative estimate of drug-likeness (QED) is 0.571. The summed E-state index contributed by atoms with van der Waals surface area (Å²) in [5.74, 6) is 1.89. The van der Waals surface area contributed by atoms with Crippen LogP contribution < -0.4 is 15.4 Å². The summed E-state index contributed by atoms with van der Waals surface area (Å²) < 4.78 is 41.8. The molecule has 1 saturated heterocycles. The van der Waals surface area contributed by atoms with E-state index in [2.05, 4.69) is 15.6 Å². The Morgan fingerprint density at radius 1 is 1.14 bits per heavy atom. The van der Waals surface area contributed by atoms with Crippen LogP contribution in [0.1, 0.15) is 18.9 Å². The van der Waals surface area contributed by atoms with Gasteiger partial charge in [-0.2, -0.15) is 0 Å². The van der Waals surface area contributed by atoms with Crippen molar-refractivity contribution in [2.75, 3.05) is 18.1 Å². The van der Waals surface area contributed by atoms with Crippen LogP contribution in [0.3, 0.4) is 0 Å². The zero-order valence-electron chi connectivity index (χ0n) is 15.7. The van der Waals surface area contributed by atoms with Gasteiger partial charge < -0.3 is 15.4 Å². The number of nitrogens with zero attached hydrogens (tertiary/aromatic N) is 1. The Labute approximate surface area is 164 Å². The van der Waals surface area contributed by atoms with E-state index < -0.39 is 9.84 Å². The van der Waals surface area contributed by atoms with E-state index in [4.69, 9.17) is 4.74 Å². The first-order chi connectivity index (χ1) is 13.4. The highest BCUT2D eigenvalue weighted by Gasteiger charge is 2.28. The van der Waals surface area contributed by atoms with Crippen molar-refractivity contribution in [2.45, 2.75) is 25.9 Å². The lowest BCUT2D eigenvalue weighted by Crippen LogP contribution is -2.44. The summed E-state index contributed by atoms with van der Waals surface area (Å²) in [6.07, 6.45) is 0.599. The molecule has 1 unspecified atom stereocenters. The third-order valence-corrected chi connectivity index (χ3v) is 6.08. The van der Waals surface area contributed by atoms with E-state index in [-0.39, 0.29) is 23.4 Å². The molecule has 0 amide bonds. The van der Waals surface area contributed by atoms with Gasteiger partial charge in [-0.15, -0.1) is 0 Å². The standard InChI is InChI=1S/C20H24FN3O3S/c1-2-22-20(24-17-11-12-28(25,26)14-17)23-13-15-3-7-18(8-4-15)27-19-9-5-16(21)6-10-19/h3-10,17H,2,11-14H2,1H3,(H2,22,23,24). The first-order valence-corrected chi connectivity index (χ1v) is 11.0. The number of ether oxygens (including phenoxy) is 1. The monoisotopic (exact) mass is 405 g/mol. The number of aliphatic imine (C=N–C) groups is 1. The van der Waals surface area contributed by atoms with Crippen molar-refractivity contribution < 1.29 is 17.5 Å². The third kappa shape index (κ3) is 5.95. The summed E-state index contributed by atoms with van der Waals surface area (Å²) in [4.78, 5) is 4.54. The summed E-state index contributed by atoms with van der Waals surface area (Å²) >= 11 is 0. The molecule has 1 heterocycles. The molecule has 28 heavy (non-hydrogen) atoms. The Morgan fingerprint density at radius 2 is 1.79 bits per heavy atom. The van der Waals surface area contributed by atoms with E-state index in [1.54, 1.807) is 12.1 Å². The average Bonchev–Trinajstić information content (AvgIpc) is 3.01. The van der Waals surface area contributed by atoms with Crippen LogP contribution in [0.4, 0.5) is 4.39 Å². The van der Waals surface area contributed by atoms with Crippen molar-refractivity contribution in [3.63, 3.8) is 0 Å². The minimum atomic E-state index is -2.94. The van der Waals surface area contributed by atoms with Gasteiger partial charge in [0, 0.05) is 12.6 Å². The van der Waals surface area contributed by atoms with E-state index in [0.717, 1.165) is 5.56 Å². The SMILES string of the molecule is CCNC(=NCc1ccc(Oc2ccc(F)cc2)cc1)NC1CCS(=O)(=O)C1. The van der Waals surface area contributed by atoms with E-state index in [1.807, 2.05) is 31.2 Å². The maximum atomic E-state index is 12.9. The van der Waals surface area contributed by atoms with E-state index >= 15 is 0 Å². The molecule has 6 nitrogen and oxygen atoms in total. The number of rotatable bonds is 6.